The summed E-state index contributed by atoms with van der Waals surface area (Å²) in [6.45, 7) is 4.17. The Hall–Kier alpha value is -1.17. The van der Waals surface area contributed by atoms with E-state index in [1.54, 1.807) is 6.08 Å². The van der Waals surface area contributed by atoms with Crippen LogP contribution in [0.15, 0.2) is 24.3 Å². The number of hydrogen-bond donors (Lipinski definition) is 4. The van der Waals surface area contributed by atoms with E-state index in [-0.39, 0.29) is 6.61 Å². The minimum atomic E-state index is -1.10. The van der Waals surface area contributed by atoms with E-state index in [1.807, 2.05) is 6.08 Å². The Morgan fingerprint density at radius 2 is 0.820 bits per heavy atom. The molecule has 0 aromatic rings. The van der Waals surface area contributed by atoms with E-state index in [4.69, 9.17) is 0 Å². The molecule has 3 unspecified atom stereocenters. The molecule has 50 heavy (non-hydrogen) atoms. The van der Waals surface area contributed by atoms with Crippen molar-refractivity contribution in [3.8, 4) is 0 Å². The van der Waals surface area contributed by atoms with Crippen molar-refractivity contribution in [3.05, 3.63) is 24.3 Å². The average Bonchev–Trinajstić information content (AvgIpc) is 3.12. The highest BCUT2D eigenvalue weighted by Gasteiger charge is 2.22. The molecule has 5 nitrogen and oxygen atoms in total. The SMILES string of the molecule is CCCCCCCCC/C=C/CC/C=C/C(O)C(CO)NC(=O)C(O)CCCCCCCCCCCCCCCCCCCCCCCCC. The van der Waals surface area contributed by atoms with Crippen LogP contribution in [0.2, 0.25) is 0 Å². The van der Waals surface area contributed by atoms with Gasteiger partial charge in [-0.1, -0.05) is 224 Å². The standard InChI is InChI=1S/C45H87NO4/c1-3-5-7-9-11-13-15-17-18-19-20-21-22-23-24-25-26-28-30-32-34-36-38-40-44(49)45(50)46-42(41-47)43(48)39-37-35-33-31-29-27-16-14-12-10-8-6-4-2/h29,31,37,39,42-44,47-49H,3-28,30,32-36,38,40-41H2,1-2H3,(H,46,50)/b31-29+,39-37+. The van der Waals surface area contributed by atoms with E-state index in [9.17, 15) is 20.1 Å². The summed E-state index contributed by atoms with van der Waals surface area (Å²) < 4.78 is 0. The fourth-order valence-corrected chi connectivity index (χ4v) is 6.79. The van der Waals surface area contributed by atoms with Crippen LogP contribution < -0.4 is 5.32 Å². The van der Waals surface area contributed by atoms with Gasteiger partial charge >= 0.3 is 0 Å². The number of aliphatic hydroxyl groups is 3. The van der Waals surface area contributed by atoms with Crippen LogP contribution in [0.4, 0.5) is 0 Å². The Balaban J connectivity index is 3.62. The first-order valence-electron chi connectivity index (χ1n) is 22.2. The minimum Gasteiger partial charge on any atom is -0.394 e. The van der Waals surface area contributed by atoms with E-state index in [2.05, 4.69) is 31.3 Å². The highest BCUT2D eigenvalue weighted by molar-refractivity contribution is 5.80. The molecule has 1 amide bonds. The van der Waals surface area contributed by atoms with Crippen LogP contribution in [-0.2, 0) is 4.79 Å². The molecule has 0 bridgehead atoms. The van der Waals surface area contributed by atoms with Gasteiger partial charge in [0.25, 0.3) is 0 Å². The molecule has 0 rings (SSSR count). The number of carbonyl (C=O) groups is 1. The molecule has 0 heterocycles. The van der Waals surface area contributed by atoms with Crippen molar-refractivity contribution in [2.45, 2.75) is 250 Å². The Morgan fingerprint density at radius 1 is 0.480 bits per heavy atom. The number of rotatable bonds is 40. The van der Waals surface area contributed by atoms with E-state index in [0.717, 1.165) is 38.5 Å². The largest absolute Gasteiger partial charge is 0.394 e. The lowest BCUT2D eigenvalue weighted by molar-refractivity contribution is -0.131. The van der Waals surface area contributed by atoms with E-state index in [0.29, 0.717) is 6.42 Å². The summed E-state index contributed by atoms with van der Waals surface area (Å²) in [6.07, 6.45) is 49.3. The first-order valence-corrected chi connectivity index (χ1v) is 22.2. The lowest BCUT2D eigenvalue weighted by Crippen LogP contribution is -2.48. The number of aliphatic hydroxyl groups excluding tert-OH is 3. The van der Waals surface area contributed by atoms with Crippen LogP contribution in [0.3, 0.4) is 0 Å². The van der Waals surface area contributed by atoms with Crippen LogP contribution >= 0.6 is 0 Å². The maximum Gasteiger partial charge on any atom is 0.249 e. The predicted molar refractivity (Wildman–Crippen MR) is 218 cm³/mol. The predicted octanol–water partition coefficient (Wildman–Crippen LogP) is 12.6. The second-order valence-electron chi connectivity index (χ2n) is 15.3. The van der Waals surface area contributed by atoms with Crippen molar-refractivity contribution < 1.29 is 20.1 Å². The maximum atomic E-state index is 12.4. The van der Waals surface area contributed by atoms with Crippen molar-refractivity contribution >= 4 is 5.91 Å². The number of amides is 1. The topological polar surface area (TPSA) is 89.8 Å². The minimum absolute atomic E-state index is 0.373. The summed E-state index contributed by atoms with van der Waals surface area (Å²) >= 11 is 0. The molecule has 4 N–H and O–H groups in total. The van der Waals surface area contributed by atoms with Gasteiger partial charge < -0.3 is 20.6 Å². The summed E-state index contributed by atoms with van der Waals surface area (Å²) in [7, 11) is 0. The third-order valence-corrected chi connectivity index (χ3v) is 10.3. The lowest BCUT2D eigenvalue weighted by Gasteiger charge is -2.21. The molecule has 296 valence electrons. The Morgan fingerprint density at radius 3 is 1.22 bits per heavy atom. The first-order chi connectivity index (χ1) is 24.6. The third-order valence-electron chi connectivity index (χ3n) is 10.3. The molecule has 3 atom stereocenters. The van der Waals surface area contributed by atoms with Gasteiger partial charge in [0.2, 0.25) is 5.91 Å². The van der Waals surface area contributed by atoms with Crippen molar-refractivity contribution in [1.29, 1.82) is 0 Å². The zero-order valence-corrected chi connectivity index (χ0v) is 33.5. The monoisotopic (exact) mass is 706 g/mol. The van der Waals surface area contributed by atoms with Crippen molar-refractivity contribution in [2.75, 3.05) is 6.61 Å². The zero-order valence-electron chi connectivity index (χ0n) is 33.5. The van der Waals surface area contributed by atoms with E-state index < -0.39 is 24.2 Å². The molecule has 0 saturated carbocycles. The molecular formula is C45H87NO4. The zero-order chi connectivity index (χ0) is 36.6. The van der Waals surface area contributed by atoms with Crippen LogP contribution in [0.25, 0.3) is 0 Å². The van der Waals surface area contributed by atoms with Gasteiger partial charge in [0.05, 0.1) is 18.8 Å². The molecule has 0 aliphatic carbocycles. The Labute approximate surface area is 312 Å². The molecule has 0 fully saturated rings. The van der Waals surface area contributed by atoms with Gasteiger partial charge in [-0.3, -0.25) is 4.79 Å². The summed E-state index contributed by atoms with van der Waals surface area (Å²) in [5, 5.41) is 33.1. The van der Waals surface area contributed by atoms with Crippen LogP contribution in [0, 0.1) is 0 Å². The van der Waals surface area contributed by atoms with E-state index >= 15 is 0 Å². The number of carbonyl (C=O) groups excluding carboxylic acids is 1. The van der Waals surface area contributed by atoms with Gasteiger partial charge in [-0.2, -0.15) is 0 Å². The van der Waals surface area contributed by atoms with Gasteiger partial charge in [-0.25, -0.2) is 0 Å². The Kier molecular flexibility index (Phi) is 39.6. The molecule has 0 aromatic heterocycles. The summed E-state index contributed by atoms with van der Waals surface area (Å²) in [5.41, 5.74) is 0. The van der Waals surface area contributed by atoms with Crippen LogP contribution in [0.5, 0.6) is 0 Å². The maximum absolute atomic E-state index is 12.4. The molecule has 0 aromatic carbocycles. The summed E-state index contributed by atoms with van der Waals surface area (Å²) in [5.74, 6) is -0.511. The molecule has 0 saturated heterocycles. The fraction of sp³-hybridized carbons (Fsp3) is 0.889. The highest BCUT2D eigenvalue weighted by Crippen LogP contribution is 2.16. The fourth-order valence-electron chi connectivity index (χ4n) is 6.79. The number of unbranched alkanes of at least 4 members (excludes halogenated alkanes) is 30. The van der Waals surface area contributed by atoms with Gasteiger partial charge in [-0.05, 0) is 32.1 Å². The van der Waals surface area contributed by atoms with Crippen molar-refractivity contribution in [3.63, 3.8) is 0 Å². The second kappa shape index (κ2) is 40.6. The molecule has 0 radical (unpaired) electrons. The van der Waals surface area contributed by atoms with Gasteiger partial charge in [0.1, 0.15) is 6.10 Å². The highest BCUT2D eigenvalue weighted by atomic mass is 16.3. The average molecular weight is 706 g/mol. The van der Waals surface area contributed by atoms with E-state index in [1.165, 1.54) is 173 Å². The first kappa shape index (κ1) is 48.8. The molecule has 0 aliphatic rings. The molecular weight excluding hydrogens is 618 g/mol. The third kappa shape index (κ3) is 35.2. The molecule has 0 aliphatic heterocycles. The van der Waals surface area contributed by atoms with Gasteiger partial charge in [-0.15, -0.1) is 0 Å². The Bertz CT molecular complexity index is 739. The normalized spacial score (nSPS) is 13.8. The van der Waals surface area contributed by atoms with Crippen LogP contribution in [-0.4, -0.2) is 46.1 Å². The quantitative estimate of drug-likeness (QED) is 0.0377. The van der Waals surface area contributed by atoms with Crippen molar-refractivity contribution in [2.24, 2.45) is 0 Å². The molecule has 5 heteroatoms. The van der Waals surface area contributed by atoms with Gasteiger partial charge in [0.15, 0.2) is 0 Å². The number of allylic oxidation sites excluding steroid dienone is 3. The number of nitrogens with one attached hydrogen (secondary N) is 1. The lowest BCUT2D eigenvalue weighted by atomic mass is 10.0. The van der Waals surface area contributed by atoms with Gasteiger partial charge in [0, 0.05) is 0 Å². The molecule has 0 spiro atoms. The summed E-state index contributed by atoms with van der Waals surface area (Å²) in [4.78, 5) is 12.4. The smallest absolute Gasteiger partial charge is 0.249 e. The number of hydrogen-bond acceptors (Lipinski definition) is 4. The summed E-state index contributed by atoms with van der Waals surface area (Å²) in [6, 6.07) is -0.810. The second-order valence-corrected chi connectivity index (χ2v) is 15.3. The van der Waals surface area contributed by atoms with Crippen LogP contribution in [0.1, 0.15) is 232 Å². The van der Waals surface area contributed by atoms with Crippen molar-refractivity contribution in [1.82, 2.24) is 5.32 Å².